The van der Waals surface area contributed by atoms with E-state index in [9.17, 15) is 0 Å². The van der Waals surface area contributed by atoms with Crippen molar-refractivity contribution in [2.45, 2.75) is 36.3 Å². The molecular formula is C72H74Cl4N2P4Pt2Se2. The van der Waals surface area contributed by atoms with Crippen LogP contribution in [0.3, 0.4) is 0 Å². The van der Waals surface area contributed by atoms with Gasteiger partial charge in [-0.3, -0.25) is 0 Å². The van der Waals surface area contributed by atoms with Crippen molar-refractivity contribution in [3.05, 3.63) is 303 Å². The first-order valence-electron chi connectivity index (χ1n) is 28.0. The van der Waals surface area contributed by atoms with Crippen LogP contribution >= 0.6 is 31.7 Å². The van der Waals surface area contributed by atoms with Crippen LogP contribution in [0.15, 0.2) is 303 Å². The topological polar surface area (TPSA) is 6.48 Å². The number of unbranched alkanes of at least 4 members (excludes halogenated alkanes) is 2. The first-order chi connectivity index (χ1) is 39.7. The molecule has 10 rings (SSSR count). The second kappa shape index (κ2) is 45.6. The molecule has 10 aromatic carbocycles. The monoisotopic (exact) mass is 1780 g/mol. The van der Waals surface area contributed by atoms with Crippen LogP contribution in [-0.4, -0.2) is 77.9 Å². The molecule has 0 aliphatic carbocycles. The first-order valence-corrected chi connectivity index (χ1v) is 38.3. The Kier molecular flexibility index (Phi) is 41.2. The minimum atomic E-state index is -0.479. The SMILES string of the molecule is [Cl-].[Cl-].[Cl-].[Cl-].[Pt+2].[Pt+2].c1ccc([Se]CCCCN(CP(c2ccccc2)c2ccccc2)CP(c2ccccc2)c2ccccc2)cc1.c1ccc([Se]CCCCN(CP(c2ccccc2)c2ccccc2)CP(c2ccccc2)c2ccccc2)cc1. The van der Waals surface area contributed by atoms with Gasteiger partial charge in [-0.25, -0.2) is 0 Å². The Morgan fingerprint density at radius 3 is 0.558 bits per heavy atom. The molecule has 0 amide bonds. The van der Waals surface area contributed by atoms with Gasteiger partial charge < -0.3 is 49.6 Å². The Hall–Kier alpha value is -2.58. The standard InChI is InChI=1S/2C36H37NP2Se.4ClH.2Pt/c2*1-6-18-32(19-7-1)38(33-20-8-2-9-21-33)30-37(28-16-17-29-40-36-26-14-5-15-27-36)31-39(34-22-10-3-11-23-34)35-24-12-4-13-25-35;;;;;;/h2*1-15,18-27H,16-17,28-31H2;4*1H;;/q;;;;;;2*+2/p-4. The zero-order chi connectivity index (χ0) is 54.5. The molecule has 10 aromatic rings. The summed E-state index contributed by atoms with van der Waals surface area (Å²) in [6.07, 6.45) is 9.42. The summed E-state index contributed by atoms with van der Waals surface area (Å²) < 4.78 is 3.03. The summed E-state index contributed by atoms with van der Waals surface area (Å²) in [7, 11) is -1.92. The number of hydrogen-bond acceptors (Lipinski definition) is 2. The molecule has 0 aliphatic rings. The number of rotatable bonds is 28. The van der Waals surface area contributed by atoms with E-state index in [1.807, 2.05) is 0 Å². The van der Waals surface area contributed by atoms with Crippen LogP contribution < -0.4 is 101 Å². The Balaban J connectivity index is 0.000000421. The average molecular weight is 1780 g/mol. The zero-order valence-electron chi connectivity index (χ0n) is 48.0. The Bertz CT molecular complexity index is 2670. The summed E-state index contributed by atoms with van der Waals surface area (Å²) in [6.45, 7) is 2.28. The predicted octanol–water partition coefficient (Wildman–Crippen LogP) is 1.41. The van der Waals surface area contributed by atoms with Gasteiger partial charge >= 0.3 is 543 Å². The van der Waals surface area contributed by atoms with Gasteiger partial charge in [0.25, 0.3) is 0 Å². The average Bonchev–Trinajstić information content (AvgIpc) is 3.73. The molecule has 452 valence electrons. The predicted molar refractivity (Wildman–Crippen MR) is 361 cm³/mol. The van der Waals surface area contributed by atoms with Gasteiger partial charge in [0.15, 0.2) is 0 Å². The molecule has 0 saturated carbocycles. The van der Waals surface area contributed by atoms with Crippen LogP contribution in [0.5, 0.6) is 0 Å². The van der Waals surface area contributed by atoms with Crippen molar-refractivity contribution in [1.82, 2.24) is 9.80 Å². The Morgan fingerprint density at radius 2 is 0.384 bits per heavy atom. The van der Waals surface area contributed by atoms with Crippen LogP contribution in [0.2, 0.25) is 10.6 Å². The fraction of sp³-hybridized carbons (Fsp3) is 0.167. The van der Waals surface area contributed by atoms with Crippen LogP contribution in [-0.2, 0) is 42.1 Å². The molecule has 0 bridgehead atoms. The summed E-state index contributed by atoms with van der Waals surface area (Å²) >= 11 is 1.13. The molecule has 86 heavy (non-hydrogen) atoms. The van der Waals surface area contributed by atoms with Gasteiger partial charge in [-0.2, -0.15) is 0 Å². The molecule has 14 heteroatoms. The van der Waals surface area contributed by atoms with Gasteiger partial charge in [-0.05, 0) is 0 Å². The molecule has 0 spiro atoms. The first kappa shape index (κ1) is 77.7. The molecule has 0 radical (unpaired) electrons. The van der Waals surface area contributed by atoms with E-state index >= 15 is 0 Å². The summed E-state index contributed by atoms with van der Waals surface area (Å²) in [5, 5.41) is 14.3. The van der Waals surface area contributed by atoms with E-state index in [2.05, 4.69) is 313 Å². The summed E-state index contributed by atoms with van der Waals surface area (Å²) in [5.41, 5.74) is 0. The van der Waals surface area contributed by atoms with Gasteiger partial charge in [0, 0.05) is 0 Å². The van der Waals surface area contributed by atoms with Crippen molar-refractivity contribution in [3.8, 4) is 0 Å². The van der Waals surface area contributed by atoms with Gasteiger partial charge in [0.1, 0.15) is 0 Å². The van der Waals surface area contributed by atoms with Crippen molar-refractivity contribution >= 4 is 113 Å². The van der Waals surface area contributed by atoms with Crippen LogP contribution in [0.25, 0.3) is 0 Å². The van der Waals surface area contributed by atoms with Crippen LogP contribution in [0.1, 0.15) is 25.7 Å². The van der Waals surface area contributed by atoms with Gasteiger partial charge in [-0.15, -0.1) is 0 Å². The van der Waals surface area contributed by atoms with E-state index in [0.29, 0.717) is 29.9 Å². The molecular weight excluding hydrogens is 1710 g/mol. The van der Waals surface area contributed by atoms with E-state index in [-0.39, 0.29) is 91.8 Å². The molecule has 0 fully saturated rings. The fourth-order valence-electron chi connectivity index (χ4n) is 9.57. The van der Waals surface area contributed by atoms with E-state index in [1.54, 1.807) is 0 Å². The number of hydrogen-bond donors (Lipinski definition) is 0. The third kappa shape index (κ3) is 26.3. The number of nitrogens with zero attached hydrogens (tertiary/aromatic N) is 2. The molecule has 0 unspecified atom stereocenters. The molecule has 0 aromatic heterocycles. The van der Waals surface area contributed by atoms with Gasteiger partial charge in [0.05, 0.1) is 0 Å². The molecule has 2 nitrogen and oxygen atoms in total. The van der Waals surface area contributed by atoms with Crippen molar-refractivity contribution in [3.63, 3.8) is 0 Å². The Morgan fingerprint density at radius 1 is 0.221 bits per heavy atom. The molecule has 0 atom stereocenters. The van der Waals surface area contributed by atoms with Crippen molar-refractivity contribution < 1.29 is 91.8 Å². The zero-order valence-corrected chi connectivity index (χ0v) is 62.6. The van der Waals surface area contributed by atoms with E-state index < -0.39 is 31.7 Å². The van der Waals surface area contributed by atoms with Crippen molar-refractivity contribution in [1.29, 1.82) is 0 Å². The molecule has 0 N–H and O–H groups in total. The minimum absolute atomic E-state index is 0. The fourth-order valence-corrected chi connectivity index (χ4v) is 23.1. The molecule has 0 heterocycles. The third-order valence-corrected chi connectivity index (χ3v) is 28.4. The van der Waals surface area contributed by atoms with E-state index in [1.165, 1.54) is 87.7 Å². The third-order valence-electron chi connectivity index (χ3n) is 13.7. The normalized spacial score (nSPS) is 10.6. The molecule has 0 aliphatic heterocycles. The van der Waals surface area contributed by atoms with Gasteiger partial charge in [-0.1, -0.05) is 0 Å². The second-order valence-corrected chi connectivity index (χ2v) is 33.1. The Labute approximate surface area is 586 Å². The number of benzene rings is 10. The van der Waals surface area contributed by atoms with E-state index in [0.717, 1.165) is 38.2 Å². The van der Waals surface area contributed by atoms with Crippen molar-refractivity contribution in [2.24, 2.45) is 0 Å². The van der Waals surface area contributed by atoms with Crippen LogP contribution in [0.4, 0.5) is 0 Å². The summed E-state index contributed by atoms with van der Waals surface area (Å²) in [6, 6.07) is 112. The second-order valence-electron chi connectivity index (χ2n) is 19.5. The quantitative estimate of drug-likeness (QED) is 0.0417. The number of halogens is 4. The summed E-state index contributed by atoms with van der Waals surface area (Å²) in [5.74, 6) is 0. The van der Waals surface area contributed by atoms with E-state index in [4.69, 9.17) is 0 Å². The van der Waals surface area contributed by atoms with Crippen molar-refractivity contribution in [2.75, 3.05) is 38.2 Å². The maximum atomic E-state index is 2.80. The van der Waals surface area contributed by atoms with Gasteiger partial charge in [0.2, 0.25) is 0 Å². The van der Waals surface area contributed by atoms with Crippen LogP contribution in [0, 0.1) is 0 Å². The summed E-state index contributed by atoms with van der Waals surface area (Å²) in [4.78, 5) is 5.60. The maximum absolute atomic E-state index is 2.80. The molecule has 0 saturated heterocycles.